The monoisotopic (exact) mass is 456 g/mol. The average Bonchev–Trinajstić information content (AvgIpc) is 3.43. The molecular formula is C23H32N6O4. The molecule has 5 rings (SSSR count). The van der Waals surface area contributed by atoms with Crippen molar-refractivity contribution in [3.8, 4) is 0 Å². The van der Waals surface area contributed by atoms with E-state index >= 15 is 0 Å². The van der Waals surface area contributed by atoms with E-state index in [0.717, 1.165) is 56.0 Å². The van der Waals surface area contributed by atoms with E-state index in [9.17, 15) is 9.90 Å². The fraction of sp³-hybridized carbons (Fsp3) is 0.609. The molecule has 4 atom stereocenters. The van der Waals surface area contributed by atoms with Gasteiger partial charge < -0.3 is 25.0 Å². The number of hydrogen-bond acceptors (Lipinski definition) is 7. The van der Waals surface area contributed by atoms with Gasteiger partial charge in [0.15, 0.2) is 0 Å². The maximum atomic E-state index is 12.5. The summed E-state index contributed by atoms with van der Waals surface area (Å²) < 4.78 is 2.04. The molecule has 4 heterocycles. The Bertz CT molecular complexity index is 980. The van der Waals surface area contributed by atoms with Crippen LogP contribution in [0.2, 0.25) is 0 Å². The molecule has 0 spiro atoms. The van der Waals surface area contributed by atoms with E-state index in [1.54, 1.807) is 12.5 Å². The van der Waals surface area contributed by atoms with Crippen LogP contribution in [0.1, 0.15) is 54.6 Å². The number of carbonyl (C=O) groups is 2. The number of aliphatic hydroxyl groups excluding tert-OH is 1. The average molecular weight is 457 g/mol. The molecule has 33 heavy (non-hydrogen) atoms. The molecule has 1 aliphatic carbocycles. The number of amides is 1. The van der Waals surface area contributed by atoms with Crippen LogP contribution in [-0.2, 0) is 17.6 Å². The SMILES string of the molecule is CC(C)Cc1nc2c(c(N3C[C@H]4C[C@@H](n5ccnc5)[C@H](O)C[C@H]4C3)n1)CCNC2=O.O=CO. The molecule has 0 radical (unpaired) electrons. The lowest BCUT2D eigenvalue weighted by Crippen LogP contribution is -2.36. The van der Waals surface area contributed by atoms with Crippen molar-refractivity contribution in [2.75, 3.05) is 24.5 Å². The Balaban J connectivity index is 0.000000821. The van der Waals surface area contributed by atoms with Crippen LogP contribution in [0.25, 0.3) is 0 Å². The van der Waals surface area contributed by atoms with Crippen molar-refractivity contribution in [1.29, 1.82) is 0 Å². The second kappa shape index (κ2) is 9.86. The molecular weight excluding hydrogens is 424 g/mol. The number of imidazole rings is 1. The maximum absolute atomic E-state index is 12.5. The predicted octanol–water partition coefficient (Wildman–Crippen LogP) is 1.31. The summed E-state index contributed by atoms with van der Waals surface area (Å²) in [6.07, 6.45) is 8.41. The lowest BCUT2D eigenvalue weighted by Gasteiger charge is -2.35. The van der Waals surface area contributed by atoms with Crippen molar-refractivity contribution in [3.05, 3.63) is 35.8 Å². The van der Waals surface area contributed by atoms with Gasteiger partial charge in [0.1, 0.15) is 17.3 Å². The first kappa shape index (κ1) is 23.2. The predicted molar refractivity (Wildman–Crippen MR) is 121 cm³/mol. The molecule has 178 valence electrons. The number of nitrogens with one attached hydrogen (secondary N) is 1. The summed E-state index contributed by atoms with van der Waals surface area (Å²) in [4.78, 5) is 36.9. The minimum absolute atomic E-state index is 0.0790. The molecule has 2 aromatic heterocycles. The summed E-state index contributed by atoms with van der Waals surface area (Å²) in [5.74, 6) is 2.97. The quantitative estimate of drug-likeness (QED) is 0.587. The van der Waals surface area contributed by atoms with Crippen molar-refractivity contribution < 1.29 is 19.8 Å². The molecule has 0 aromatic carbocycles. The maximum Gasteiger partial charge on any atom is 0.290 e. The number of carbonyl (C=O) groups excluding carboxylic acids is 1. The fourth-order valence-electron chi connectivity index (χ4n) is 5.40. The van der Waals surface area contributed by atoms with Gasteiger partial charge in [-0.25, -0.2) is 15.0 Å². The lowest BCUT2D eigenvalue weighted by molar-refractivity contribution is -0.122. The largest absolute Gasteiger partial charge is 0.483 e. The van der Waals surface area contributed by atoms with Crippen LogP contribution in [0.4, 0.5) is 5.82 Å². The van der Waals surface area contributed by atoms with Crippen LogP contribution in [0, 0.1) is 17.8 Å². The highest BCUT2D eigenvalue weighted by Gasteiger charge is 2.43. The summed E-state index contributed by atoms with van der Waals surface area (Å²) >= 11 is 0. The zero-order chi connectivity index (χ0) is 23.5. The molecule has 0 unspecified atom stereocenters. The Morgan fingerprint density at radius 2 is 1.97 bits per heavy atom. The van der Waals surface area contributed by atoms with Gasteiger partial charge in [-0.1, -0.05) is 13.8 Å². The van der Waals surface area contributed by atoms with Crippen molar-refractivity contribution in [2.24, 2.45) is 17.8 Å². The van der Waals surface area contributed by atoms with Gasteiger partial charge in [0.05, 0.1) is 18.5 Å². The van der Waals surface area contributed by atoms with E-state index in [2.05, 4.69) is 34.0 Å². The van der Waals surface area contributed by atoms with Crippen molar-refractivity contribution in [1.82, 2.24) is 24.8 Å². The zero-order valence-corrected chi connectivity index (χ0v) is 19.1. The Labute approximate surface area is 193 Å². The molecule has 1 amide bonds. The Hall–Kier alpha value is -3.01. The number of nitrogens with zero attached hydrogens (tertiary/aromatic N) is 5. The topological polar surface area (TPSA) is 133 Å². The highest BCUT2D eigenvalue weighted by Crippen LogP contribution is 2.43. The van der Waals surface area contributed by atoms with E-state index in [0.29, 0.717) is 30.0 Å². The molecule has 3 aliphatic rings. The number of hydrogen-bond donors (Lipinski definition) is 3. The summed E-state index contributed by atoms with van der Waals surface area (Å²) in [7, 11) is 0. The third-order valence-electron chi connectivity index (χ3n) is 6.81. The van der Waals surface area contributed by atoms with Crippen molar-refractivity contribution >= 4 is 18.2 Å². The Kier molecular flexibility index (Phi) is 6.92. The molecule has 10 nitrogen and oxygen atoms in total. The normalized spacial score (nSPS) is 26.2. The standard InChI is InChI=1S/C22H30N6O2.CH2O2/c1-13(2)7-19-25-20-16(3-4-24-22(20)30)21(26-19)28-10-14-8-17(27-6-5-23-12-27)18(29)9-15(14)11-28;2-1-3/h5-6,12-15,17-18,29H,3-4,7-11H2,1-2H3,(H,24,30);1H,(H,2,3)/t14-,15+,17-,18-;/m1./s1. The minimum Gasteiger partial charge on any atom is -0.483 e. The smallest absolute Gasteiger partial charge is 0.290 e. The lowest BCUT2D eigenvalue weighted by atomic mass is 9.77. The molecule has 2 aromatic rings. The summed E-state index contributed by atoms with van der Waals surface area (Å²) in [5, 5.41) is 20.6. The number of aliphatic hydroxyl groups is 1. The Morgan fingerprint density at radius 3 is 2.64 bits per heavy atom. The summed E-state index contributed by atoms with van der Waals surface area (Å²) in [5.41, 5.74) is 1.53. The van der Waals surface area contributed by atoms with Gasteiger partial charge in [0.2, 0.25) is 0 Å². The van der Waals surface area contributed by atoms with E-state index in [4.69, 9.17) is 14.9 Å². The summed E-state index contributed by atoms with van der Waals surface area (Å²) in [6.45, 7) is 6.46. The van der Waals surface area contributed by atoms with Crippen molar-refractivity contribution in [3.63, 3.8) is 0 Å². The molecule has 0 bridgehead atoms. The van der Waals surface area contributed by atoms with Crippen LogP contribution in [0.15, 0.2) is 18.7 Å². The van der Waals surface area contributed by atoms with Gasteiger partial charge in [-0.15, -0.1) is 0 Å². The summed E-state index contributed by atoms with van der Waals surface area (Å²) in [6, 6.07) is 0.0790. The van der Waals surface area contributed by atoms with Crippen molar-refractivity contribution in [2.45, 2.75) is 51.7 Å². The van der Waals surface area contributed by atoms with Crippen LogP contribution in [-0.4, -0.2) is 67.8 Å². The van der Waals surface area contributed by atoms with Gasteiger partial charge in [-0.3, -0.25) is 9.59 Å². The number of rotatable bonds is 4. The molecule has 10 heteroatoms. The van der Waals surface area contributed by atoms with E-state index in [-0.39, 0.29) is 24.5 Å². The highest BCUT2D eigenvalue weighted by atomic mass is 16.3. The minimum atomic E-state index is -0.359. The van der Waals surface area contributed by atoms with Crippen LogP contribution >= 0.6 is 0 Å². The van der Waals surface area contributed by atoms with Gasteiger partial charge in [0.25, 0.3) is 12.4 Å². The third-order valence-corrected chi connectivity index (χ3v) is 6.81. The first-order valence-corrected chi connectivity index (χ1v) is 11.6. The molecule has 2 aliphatic heterocycles. The molecule has 1 saturated heterocycles. The molecule has 3 N–H and O–H groups in total. The second-order valence-corrected chi connectivity index (χ2v) is 9.54. The highest BCUT2D eigenvalue weighted by molar-refractivity contribution is 5.96. The number of aromatic nitrogens is 4. The van der Waals surface area contributed by atoms with E-state index in [1.807, 2.05) is 10.8 Å². The third kappa shape index (κ3) is 4.85. The Morgan fingerprint density at radius 1 is 1.24 bits per heavy atom. The van der Waals surface area contributed by atoms with Crippen LogP contribution in [0.5, 0.6) is 0 Å². The van der Waals surface area contributed by atoms with Crippen LogP contribution in [0.3, 0.4) is 0 Å². The van der Waals surface area contributed by atoms with Gasteiger partial charge in [-0.05, 0) is 37.0 Å². The first-order valence-electron chi connectivity index (χ1n) is 11.6. The van der Waals surface area contributed by atoms with Gasteiger partial charge in [0, 0.05) is 44.0 Å². The number of carboxylic acid groups (broad SMARTS) is 1. The van der Waals surface area contributed by atoms with E-state index < -0.39 is 0 Å². The fourth-order valence-corrected chi connectivity index (χ4v) is 5.40. The van der Waals surface area contributed by atoms with Crippen LogP contribution < -0.4 is 10.2 Å². The second-order valence-electron chi connectivity index (χ2n) is 9.54. The zero-order valence-electron chi connectivity index (χ0n) is 19.1. The molecule has 2 fully saturated rings. The number of fused-ring (bicyclic) bond motifs is 2. The molecule has 1 saturated carbocycles. The van der Waals surface area contributed by atoms with Gasteiger partial charge >= 0.3 is 0 Å². The number of anilines is 1. The first-order chi connectivity index (χ1) is 15.9. The van der Waals surface area contributed by atoms with Gasteiger partial charge in [-0.2, -0.15) is 0 Å². The van der Waals surface area contributed by atoms with E-state index in [1.165, 1.54) is 0 Å².